The smallest absolute Gasteiger partial charge is 0.229 e. The van der Waals surface area contributed by atoms with Crippen LogP contribution in [0.15, 0.2) is 36.4 Å². The first-order valence-electron chi connectivity index (χ1n) is 11.9. The third kappa shape index (κ3) is 4.57. The Morgan fingerprint density at radius 3 is 2.53 bits per heavy atom. The van der Waals surface area contributed by atoms with E-state index in [0.717, 1.165) is 78.0 Å². The van der Waals surface area contributed by atoms with Crippen LogP contribution in [0.2, 0.25) is 0 Å². The van der Waals surface area contributed by atoms with Crippen LogP contribution in [0.1, 0.15) is 66.1 Å². The van der Waals surface area contributed by atoms with Gasteiger partial charge in [0.05, 0.1) is 30.1 Å². The molecule has 1 aromatic heterocycles. The van der Waals surface area contributed by atoms with Gasteiger partial charge in [0.1, 0.15) is 0 Å². The average Bonchev–Trinajstić information content (AvgIpc) is 2.86. The number of amides is 1. The molecular weight excluding hydrogens is 436 g/mol. The van der Waals surface area contributed by atoms with Crippen LogP contribution in [0, 0.1) is 11.6 Å². The van der Waals surface area contributed by atoms with Crippen molar-refractivity contribution in [3.8, 4) is 11.3 Å². The van der Waals surface area contributed by atoms with Crippen LogP contribution in [0.4, 0.5) is 14.6 Å². The van der Waals surface area contributed by atoms with Crippen molar-refractivity contribution in [2.45, 2.75) is 63.9 Å². The number of carbonyl (C=O) groups excluding carboxylic acids is 1. The van der Waals surface area contributed by atoms with E-state index in [9.17, 15) is 18.7 Å². The third-order valence-corrected chi connectivity index (χ3v) is 6.83. The van der Waals surface area contributed by atoms with Crippen LogP contribution in [0.5, 0.6) is 0 Å². The van der Waals surface area contributed by atoms with Gasteiger partial charge in [-0.3, -0.25) is 4.79 Å². The Morgan fingerprint density at radius 1 is 0.971 bits per heavy atom. The maximum Gasteiger partial charge on any atom is 0.229 e. The summed E-state index contributed by atoms with van der Waals surface area (Å²) in [5.74, 6) is -1.54. The number of aryl methyl sites for hydroxylation is 2. The fourth-order valence-corrected chi connectivity index (χ4v) is 5.07. The Bertz CT molecular complexity index is 1240. The predicted octanol–water partition coefficient (Wildman–Crippen LogP) is 5.24. The number of halogens is 2. The van der Waals surface area contributed by atoms with Gasteiger partial charge in [0.15, 0.2) is 17.5 Å². The summed E-state index contributed by atoms with van der Waals surface area (Å²) in [6.45, 7) is 0.00205. The number of rotatable bonds is 5. The van der Waals surface area contributed by atoms with Gasteiger partial charge in [0.25, 0.3) is 0 Å². The van der Waals surface area contributed by atoms with Gasteiger partial charge in [0.2, 0.25) is 5.91 Å². The molecule has 1 saturated carbocycles. The highest BCUT2D eigenvalue weighted by atomic mass is 19.2. The van der Waals surface area contributed by atoms with Crippen LogP contribution >= 0.6 is 0 Å². The molecule has 0 aliphatic heterocycles. The summed E-state index contributed by atoms with van der Waals surface area (Å²) in [6, 6.07) is 9.43. The molecule has 0 radical (unpaired) electrons. The molecular formula is C27H27F2N3O2. The number of aliphatic hydroxyl groups is 1. The fraction of sp³-hybridized carbons (Fsp3) is 0.370. The van der Waals surface area contributed by atoms with Gasteiger partial charge in [0, 0.05) is 11.5 Å². The van der Waals surface area contributed by atoms with Crippen molar-refractivity contribution in [1.29, 1.82) is 0 Å². The van der Waals surface area contributed by atoms with Gasteiger partial charge < -0.3 is 10.4 Å². The van der Waals surface area contributed by atoms with Crippen LogP contribution in [-0.4, -0.2) is 21.0 Å². The van der Waals surface area contributed by atoms with Gasteiger partial charge >= 0.3 is 0 Å². The largest absolute Gasteiger partial charge is 0.392 e. The molecule has 2 N–H and O–H groups in total. The molecule has 1 fully saturated rings. The lowest BCUT2D eigenvalue weighted by molar-refractivity contribution is -0.115. The molecule has 34 heavy (non-hydrogen) atoms. The Balaban J connectivity index is 1.48. The van der Waals surface area contributed by atoms with E-state index < -0.39 is 11.6 Å². The molecule has 3 aromatic rings. The minimum absolute atomic E-state index is 0.00205. The summed E-state index contributed by atoms with van der Waals surface area (Å²) in [5, 5.41) is 12.4. The summed E-state index contributed by atoms with van der Waals surface area (Å²) < 4.78 is 26.8. The first kappa shape index (κ1) is 22.6. The number of benzene rings is 2. The highest BCUT2D eigenvalue weighted by Gasteiger charge is 2.27. The first-order valence-corrected chi connectivity index (χ1v) is 11.9. The zero-order valence-electron chi connectivity index (χ0n) is 18.9. The second-order valence-electron chi connectivity index (χ2n) is 9.21. The molecule has 5 rings (SSSR count). The second-order valence-corrected chi connectivity index (χ2v) is 9.21. The molecule has 0 atom stereocenters. The number of nitrogens with one attached hydrogen (secondary N) is 1. The second kappa shape index (κ2) is 9.58. The molecule has 1 heterocycles. The number of anilines is 1. The van der Waals surface area contributed by atoms with Crippen molar-refractivity contribution in [3.63, 3.8) is 0 Å². The molecule has 1 amide bonds. The number of fused-ring (bicyclic) bond motifs is 3. The number of nitrogens with zero attached hydrogens (tertiary/aromatic N) is 2. The zero-order valence-corrected chi connectivity index (χ0v) is 18.9. The molecule has 7 heteroatoms. The summed E-state index contributed by atoms with van der Waals surface area (Å²) in [5.41, 5.74) is 5.95. The van der Waals surface area contributed by atoms with Crippen molar-refractivity contribution in [1.82, 2.24) is 9.97 Å². The number of hydrogen-bond acceptors (Lipinski definition) is 4. The quantitative estimate of drug-likeness (QED) is 0.543. The summed E-state index contributed by atoms with van der Waals surface area (Å²) >= 11 is 0. The fourth-order valence-electron chi connectivity index (χ4n) is 5.07. The van der Waals surface area contributed by atoms with Crippen LogP contribution in [0.25, 0.3) is 11.3 Å². The number of aromatic nitrogens is 2. The molecule has 0 saturated heterocycles. The predicted molar refractivity (Wildman–Crippen MR) is 125 cm³/mol. The van der Waals surface area contributed by atoms with Gasteiger partial charge in [-0.2, -0.15) is 0 Å². The number of aliphatic hydroxyl groups excluding tert-OH is 1. The monoisotopic (exact) mass is 463 g/mol. The molecule has 2 aromatic carbocycles. The van der Waals surface area contributed by atoms with Crippen molar-refractivity contribution < 1.29 is 18.7 Å². The standard InChI is InChI=1S/C27H27F2N3O2/c28-21-10-7-16(13-22(21)29)14-24(34)31-27-25(18-4-2-1-3-5-18)32-26-20-9-6-17(15-33)12-19(20)8-11-23(26)30-27/h6-7,9-10,12-13,18,33H,1-5,8,11,14-15H2,(H,30,31,34). The van der Waals surface area contributed by atoms with Gasteiger partial charge in [-0.15, -0.1) is 0 Å². The third-order valence-electron chi connectivity index (χ3n) is 6.83. The number of hydrogen-bond donors (Lipinski definition) is 2. The van der Waals surface area contributed by atoms with Crippen molar-refractivity contribution in [3.05, 3.63) is 76.1 Å². The molecule has 5 nitrogen and oxygen atoms in total. The maximum atomic E-state index is 13.6. The topological polar surface area (TPSA) is 75.1 Å². The minimum atomic E-state index is -0.968. The number of carbonyl (C=O) groups is 1. The normalized spacial score (nSPS) is 15.5. The van der Waals surface area contributed by atoms with E-state index in [2.05, 4.69) is 5.32 Å². The lowest BCUT2D eigenvalue weighted by Gasteiger charge is -2.26. The summed E-state index contributed by atoms with van der Waals surface area (Å²) in [6.07, 6.45) is 6.82. The van der Waals surface area contributed by atoms with E-state index in [-0.39, 0.29) is 24.9 Å². The molecule has 2 aliphatic carbocycles. The molecule has 0 bridgehead atoms. The van der Waals surface area contributed by atoms with E-state index in [1.807, 2.05) is 18.2 Å². The van der Waals surface area contributed by atoms with Gasteiger partial charge in [-0.25, -0.2) is 18.7 Å². The van der Waals surface area contributed by atoms with Crippen molar-refractivity contribution in [2.24, 2.45) is 0 Å². The Hall–Kier alpha value is -3.19. The first-order chi connectivity index (χ1) is 16.5. The van der Waals surface area contributed by atoms with Gasteiger partial charge in [-0.05, 0) is 54.5 Å². The molecule has 0 unspecified atom stereocenters. The van der Waals surface area contributed by atoms with E-state index in [1.165, 1.54) is 12.5 Å². The van der Waals surface area contributed by atoms with Crippen molar-refractivity contribution in [2.75, 3.05) is 5.32 Å². The Morgan fingerprint density at radius 2 is 1.76 bits per heavy atom. The average molecular weight is 464 g/mol. The van der Waals surface area contributed by atoms with Gasteiger partial charge in [-0.1, -0.05) is 43.5 Å². The van der Waals surface area contributed by atoms with E-state index in [0.29, 0.717) is 17.8 Å². The Kier molecular flexibility index (Phi) is 6.37. The van der Waals surface area contributed by atoms with E-state index in [1.54, 1.807) is 0 Å². The van der Waals surface area contributed by atoms with Crippen LogP contribution in [0.3, 0.4) is 0 Å². The van der Waals surface area contributed by atoms with Crippen molar-refractivity contribution >= 4 is 11.7 Å². The molecule has 2 aliphatic rings. The lowest BCUT2D eigenvalue weighted by atomic mass is 9.85. The summed E-state index contributed by atoms with van der Waals surface area (Å²) in [4.78, 5) is 22.8. The minimum Gasteiger partial charge on any atom is -0.392 e. The van der Waals surface area contributed by atoms with Crippen LogP contribution in [-0.2, 0) is 30.7 Å². The molecule has 0 spiro atoms. The van der Waals surface area contributed by atoms with E-state index in [4.69, 9.17) is 9.97 Å². The SMILES string of the molecule is O=C(Cc1ccc(F)c(F)c1)Nc1nc2c(nc1C1CCCCC1)-c1ccc(CO)cc1CC2. The molecule has 176 valence electrons. The maximum absolute atomic E-state index is 13.6. The highest BCUT2D eigenvalue weighted by Crippen LogP contribution is 2.39. The zero-order chi connectivity index (χ0) is 23.7. The Labute approximate surface area is 197 Å². The van der Waals surface area contributed by atoms with Crippen LogP contribution < -0.4 is 5.32 Å². The lowest BCUT2D eigenvalue weighted by Crippen LogP contribution is -2.21. The highest BCUT2D eigenvalue weighted by molar-refractivity contribution is 5.92. The summed E-state index contributed by atoms with van der Waals surface area (Å²) in [7, 11) is 0. The van der Waals surface area contributed by atoms with E-state index >= 15 is 0 Å².